The first-order valence-electron chi connectivity index (χ1n) is 5.45. The Morgan fingerprint density at radius 3 is 2.38 bits per heavy atom. The Kier molecular flexibility index (Phi) is 4.20. The summed E-state index contributed by atoms with van der Waals surface area (Å²) < 4.78 is 5.79. The van der Waals surface area contributed by atoms with Crippen molar-refractivity contribution in [1.29, 1.82) is 0 Å². The van der Waals surface area contributed by atoms with E-state index in [1.54, 1.807) is 0 Å². The molecule has 78 valence electrons. The normalized spacial score (nSPS) is 25.8. The highest BCUT2D eigenvalue weighted by Crippen LogP contribution is 2.18. The molecule has 0 aromatic rings. The van der Waals surface area contributed by atoms with Crippen molar-refractivity contribution in [1.82, 2.24) is 4.90 Å². The van der Waals surface area contributed by atoms with Crippen molar-refractivity contribution in [2.24, 2.45) is 5.92 Å². The topological polar surface area (TPSA) is 12.5 Å². The zero-order valence-electron chi connectivity index (χ0n) is 9.42. The van der Waals surface area contributed by atoms with E-state index in [9.17, 15) is 0 Å². The Morgan fingerprint density at radius 2 is 2.00 bits per heavy atom. The molecule has 0 spiro atoms. The van der Waals surface area contributed by atoms with Crippen molar-refractivity contribution in [3.8, 4) is 0 Å². The minimum Gasteiger partial charge on any atom is -0.363 e. The van der Waals surface area contributed by atoms with E-state index in [1.165, 1.54) is 19.4 Å². The van der Waals surface area contributed by atoms with E-state index in [0.717, 1.165) is 12.6 Å². The third kappa shape index (κ3) is 3.65. The Balaban J connectivity index is 2.22. The van der Waals surface area contributed by atoms with Crippen LogP contribution in [0.2, 0.25) is 0 Å². The van der Waals surface area contributed by atoms with E-state index in [1.807, 2.05) is 0 Å². The molecule has 1 fully saturated rings. The summed E-state index contributed by atoms with van der Waals surface area (Å²) in [5, 5.41) is 0. The molecule has 0 aromatic carbocycles. The van der Waals surface area contributed by atoms with Gasteiger partial charge in [-0.05, 0) is 32.6 Å². The number of hydrogen-bond acceptors (Lipinski definition) is 2. The second kappa shape index (κ2) is 4.97. The lowest BCUT2D eigenvalue weighted by molar-refractivity contribution is -0.0856. The summed E-state index contributed by atoms with van der Waals surface area (Å²) in [6.45, 7) is 11.0. The van der Waals surface area contributed by atoms with E-state index in [4.69, 9.17) is 4.74 Å². The van der Waals surface area contributed by atoms with Crippen LogP contribution < -0.4 is 0 Å². The molecule has 0 bridgehead atoms. The second-order valence-electron chi connectivity index (χ2n) is 4.74. The van der Waals surface area contributed by atoms with Crippen LogP contribution in [-0.4, -0.2) is 30.3 Å². The standard InChI is InChI=1S/C11H23NO/c1-9(2)7-11-5-6-12(8-13-11)10(3)4/h9-11H,5-8H2,1-4H3. The molecule has 1 saturated heterocycles. The highest BCUT2D eigenvalue weighted by atomic mass is 16.5. The van der Waals surface area contributed by atoms with Gasteiger partial charge in [0.1, 0.15) is 0 Å². The molecule has 1 rings (SSSR count). The van der Waals surface area contributed by atoms with Gasteiger partial charge in [-0.1, -0.05) is 13.8 Å². The number of ether oxygens (including phenoxy) is 1. The molecule has 2 heteroatoms. The van der Waals surface area contributed by atoms with Crippen molar-refractivity contribution in [3.63, 3.8) is 0 Å². The van der Waals surface area contributed by atoms with Gasteiger partial charge in [-0.15, -0.1) is 0 Å². The summed E-state index contributed by atoms with van der Waals surface area (Å²) in [6, 6.07) is 0.625. The van der Waals surface area contributed by atoms with Gasteiger partial charge in [-0.2, -0.15) is 0 Å². The molecule has 13 heavy (non-hydrogen) atoms. The SMILES string of the molecule is CC(C)CC1CCN(C(C)C)CO1. The molecular formula is C11H23NO. The fourth-order valence-corrected chi connectivity index (χ4v) is 1.78. The minimum atomic E-state index is 0.509. The first-order valence-corrected chi connectivity index (χ1v) is 5.45. The molecule has 1 aliphatic rings. The minimum absolute atomic E-state index is 0.509. The van der Waals surface area contributed by atoms with Gasteiger partial charge >= 0.3 is 0 Å². The lowest BCUT2D eigenvalue weighted by Crippen LogP contribution is -2.42. The van der Waals surface area contributed by atoms with Gasteiger partial charge in [0.25, 0.3) is 0 Å². The molecule has 0 saturated carbocycles. The van der Waals surface area contributed by atoms with E-state index < -0.39 is 0 Å². The van der Waals surface area contributed by atoms with Gasteiger partial charge in [0.05, 0.1) is 12.8 Å². The molecule has 0 aromatic heterocycles. The van der Waals surface area contributed by atoms with Gasteiger partial charge in [0.15, 0.2) is 0 Å². The Morgan fingerprint density at radius 1 is 1.31 bits per heavy atom. The van der Waals surface area contributed by atoms with Crippen LogP contribution in [0.1, 0.15) is 40.5 Å². The molecule has 1 atom stereocenters. The van der Waals surface area contributed by atoms with Crippen molar-refractivity contribution < 1.29 is 4.74 Å². The summed E-state index contributed by atoms with van der Waals surface area (Å²) in [7, 11) is 0. The van der Waals surface area contributed by atoms with Crippen LogP contribution in [0.3, 0.4) is 0 Å². The summed E-state index contributed by atoms with van der Waals surface area (Å²) in [5.41, 5.74) is 0. The van der Waals surface area contributed by atoms with Crippen molar-refractivity contribution in [3.05, 3.63) is 0 Å². The van der Waals surface area contributed by atoms with Crippen molar-refractivity contribution in [2.75, 3.05) is 13.3 Å². The van der Waals surface area contributed by atoms with Crippen molar-refractivity contribution in [2.45, 2.75) is 52.7 Å². The van der Waals surface area contributed by atoms with Gasteiger partial charge in [0, 0.05) is 12.6 Å². The summed E-state index contributed by atoms with van der Waals surface area (Å²) in [4.78, 5) is 2.39. The van der Waals surface area contributed by atoms with Gasteiger partial charge in [-0.25, -0.2) is 0 Å². The summed E-state index contributed by atoms with van der Waals surface area (Å²) in [5.74, 6) is 0.760. The van der Waals surface area contributed by atoms with Crippen LogP contribution in [-0.2, 0) is 4.74 Å². The Bertz CT molecular complexity index is 137. The molecule has 0 aliphatic carbocycles. The molecule has 0 radical (unpaired) electrons. The smallest absolute Gasteiger partial charge is 0.0996 e. The van der Waals surface area contributed by atoms with Crippen LogP contribution in [0.15, 0.2) is 0 Å². The first-order chi connectivity index (χ1) is 6.09. The van der Waals surface area contributed by atoms with E-state index >= 15 is 0 Å². The average molecular weight is 185 g/mol. The fourth-order valence-electron chi connectivity index (χ4n) is 1.78. The number of rotatable bonds is 3. The molecule has 0 amide bonds. The van der Waals surface area contributed by atoms with Crippen LogP contribution in [0.25, 0.3) is 0 Å². The summed E-state index contributed by atoms with van der Waals surface area (Å²) in [6.07, 6.45) is 2.93. The monoisotopic (exact) mass is 185 g/mol. The molecule has 1 heterocycles. The number of nitrogens with zero attached hydrogens (tertiary/aromatic N) is 1. The summed E-state index contributed by atoms with van der Waals surface area (Å²) >= 11 is 0. The lowest BCUT2D eigenvalue weighted by Gasteiger charge is -2.35. The van der Waals surface area contributed by atoms with Gasteiger partial charge in [-0.3, -0.25) is 4.90 Å². The van der Waals surface area contributed by atoms with Gasteiger partial charge in [0.2, 0.25) is 0 Å². The lowest BCUT2D eigenvalue weighted by atomic mass is 10.0. The molecule has 2 nitrogen and oxygen atoms in total. The van der Waals surface area contributed by atoms with E-state index in [0.29, 0.717) is 12.1 Å². The highest BCUT2D eigenvalue weighted by Gasteiger charge is 2.21. The van der Waals surface area contributed by atoms with E-state index in [-0.39, 0.29) is 0 Å². The highest BCUT2D eigenvalue weighted by molar-refractivity contribution is 4.70. The molecule has 0 N–H and O–H groups in total. The van der Waals surface area contributed by atoms with Crippen LogP contribution in [0, 0.1) is 5.92 Å². The van der Waals surface area contributed by atoms with Crippen LogP contribution in [0.4, 0.5) is 0 Å². The average Bonchev–Trinajstić information content (AvgIpc) is 2.04. The Hall–Kier alpha value is -0.0800. The van der Waals surface area contributed by atoms with Crippen molar-refractivity contribution >= 4 is 0 Å². The molecule has 1 unspecified atom stereocenters. The maximum absolute atomic E-state index is 5.79. The predicted molar refractivity (Wildman–Crippen MR) is 55.7 cm³/mol. The maximum Gasteiger partial charge on any atom is 0.0996 e. The van der Waals surface area contributed by atoms with Crippen LogP contribution in [0.5, 0.6) is 0 Å². The van der Waals surface area contributed by atoms with E-state index in [2.05, 4.69) is 32.6 Å². The molecular weight excluding hydrogens is 162 g/mol. The largest absolute Gasteiger partial charge is 0.363 e. The predicted octanol–water partition coefficient (Wildman–Crippen LogP) is 2.49. The zero-order chi connectivity index (χ0) is 9.84. The zero-order valence-corrected chi connectivity index (χ0v) is 9.42. The fraction of sp³-hybridized carbons (Fsp3) is 1.00. The van der Waals surface area contributed by atoms with Crippen LogP contribution >= 0.6 is 0 Å². The van der Waals surface area contributed by atoms with Gasteiger partial charge < -0.3 is 4.74 Å². The third-order valence-corrected chi connectivity index (χ3v) is 2.68. The maximum atomic E-state index is 5.79. The second-order valence-corrected chi connectivity index (χ2v) is 4.74. The molecule has 1 aliphatic heterocycles. The number of hydrogen-bond donors (Lipinski definition) is 0. The third-order valence-electron chi connectivity index (χ3n) is 2.68. The Labute approximate surface area is 82.3 Å². The quantitative estimate of drug-likeness (QED) is 0.670. The first kappa shape index (κ1) is 11.0.